The number of hydrogen-bond donors (Lipinski definition) is 1. The summed E-state index contributed by atoms with van der Waals surface area (Å²) in [7, 11) is 0. The molecule has 0 radical (unpaired) electrons. The second-order valence-electron chi connectivity index (χ2n) is 2.87. The highest BCUT2D eigenvalue weighted by Crippen LogP contribution is 2.14. The Morgan fingerprint density at radius 2 is 2.33 bits per heavy atom. The lowest BCUT2D eigenvalue weighted by molar-refractivity contribution is 0.0952. The molecule has 1 amide bonds. The standard InChI is InChI=1S/C10H8BrNO2S/c11-9-4-3-7(14-9)6-12-10(13)8-2-1-5-15-8/h1-5H,6H2,(H,12,13). The van der Waals surface area contributed by atoms with Crippen molar-refractivity contribution in [1.82, 2.24) is 5.32 Å². The van der Waals surface area contributed by atoms with Crippen LogP contribution in [0.4, 0.5) is 0 Å². The van der Waals surface area contributed by atoms with Crippen LogP contribution in [-0.2, 0) is 6.54 Å². The summed E-state index contributed by atoms with van der Waals surface area (Å²) in [6.07, 6.45) is 0. The van der Waals surface area contributed by atoms with Crippen LogP contribution >= 0.6 is 27.3 Å². The molecule has 1 N–H and O–H groups in total. The molecule has 0 saturated carbocycles. The van der Waals surface area contributed by atoms with Gasteiger partial charge in [0.05, 0.1) is 11.4 Å². The number of amides is 1. The van der Waals surface area contributed by atoms with E-state index in [1.807, 2.05) is 17.5 Å². The Kier molecular flexibility index (Phi) is 3.23. The lowest BCUT2D eigenvalue weighted by Gasteiger charge is -1.99. The summed E-state index contributed by atoms with van der Waals surface area (Å²) in [5, 5.41) is 4.64. The summed E-state index contributed by atoms with van der Waals surface area (Å²) in [4.78, 5) is 12.2. The van der Waals surface area contributed by atoms with Gasteiger partial charge in [-0.25, -0.2) is 0 Å². The van der Waals surface area contributed by atoms with E-state index in [-0.39, 0.29) is 5.91 Å². The van der Waals surface area contributed by atoms with Crippen LogP contribution < -0.4 is 5.32 Å². The van der Waals surface area contributed by atoms with Crippen molar-refractivity contribution < 1.29 is 9.21 Å². The van der Waals surface area contributed by atoms with Gasteiger partial charge in [0, 0.05) is 0 Å². The molecule has 0 aliphatic heterocycles. The van der Waals surface area contributed by atoms with Crippen molar-refractivity contribution in [2.24, 2.45) is 0 Å². The van der Waals surface area contributed by atoms with E-state index >= 15 is 0 Å². The van der Waals surface area contributed by atoms with Crippen molar-refractivity contribution in [1.29, 1.82) is 0 Å². The lowest BCUT2D eigenvalue weighted by atomic mass is 10.4. The zero-order valence-corrected chi connectivity index (χ0v) is 10.1. The number of halogens is 1. The summed E-state index contributed by atoms with van der Waals surface area (Å²) in [6.45, 7) is 0.405. The maximum atomic E-state index is 11.5. The molecule has 15 heavy (non-hydrogen) atoms. The maximum Gasteiger partial charge on any atom is 0.261 e. The second kappa shape index (κ2) is 4.63. The fourth-order valence-corrected chi connectivity index (χ4v) is 2.09. The Morgan fingerprint density at radius 1 is 1.47 bits per heavy atom. The van der Waals surface area contributed by atoms with E-state index in [4.69, 9.17) is 4.42 Å². The zero-order valence-electron chi connectivity index (χ0n) is 7.70. The van der Waals surface area contributed by atoms with E-state index in [0.29, 0.717) is 16.1 Å². The molecule has 0 bridgehead atoms. The fourth-order valence-electron chi connectivity index (χ4n) is 1.11. The predicted molar refractivity (Wildman–Crippen MR) is 61.9 cm³/mol. The molecule has 2 aromatic heterocycles. The molecule has 0 saturated heterocycles. The molecule has 2 heterocycles. The van der Waals surface area contributed by atoms with Crippen LogP contribution in [-0.4, -0.2) is 5.91 Å². The first kappa shape index (κ1) is 10.4. The minimum absolute atomic E-state index is 0.0717. The molecule has 2 rings (SSSR count). The number of rotatable bonds is 3. The maximum absolute atomic E-state index is 11.5. The molecule has 0 aromatic carbocycles. The largest absolute Gasteiger partial charge is 0.452 e. The van der Waals surface area contributed by atoms with Crippen LogP contribution in [0.15, 0.2) is 38.7 Å². The van der Waals surface area contributed by atoms with Gasteiger partial charge in [0.15, 0.2) is 4.67 Å². The smallest absolute Gasteiger partial charge is 0.261 e. The van der Waals surface area contributed by atoms with Crippen molar-refractivity contribution in [3.05, 3.63) is 45.0 Å². The fraction of sp³-hybridized carbons (Fsp3) is 0.100. The first-order valence-electron chi connectivity index (χ1n) is 4.31. The third kappa shape index (κ3) is 2.70. The van der Waals surface area contributed by atoms with Gasteiger partial charge in [0.25, 0.3) is 5.91 Å². The highest BCUT2D eigenvalue weighted by Gasteiger charge is 2.06. The third-order valence-electron chi connectivity index (χ3n) is 1.80. The van der Waals surface area contributed by atoms with Gasteiger partial charge in [-0.2, -0.15) is 0 Å². The van der Waals surface area contributed by atoms with Crippen molar-refractivity contribution in [3.63, 3.8) is 0 Å². The van der Waals surface area contributed by atoms with Crippen LogP contribution in [0.25, 0.3) is 0 Å². The summed E-state index contributed by atoms with van der Waals surface area (Å²) in [5.41, 5.74) is 0. The molecule has 0 spiro atoms. The van der Waals surface area contributed by atoms with Gasteiger partial charge in [-0.05, 0) is 39.5 Å². The Hall–Kier alpha value is -1.07. The first-order valence-corrected chi connectivity index (χ1v) is 5.99. The predicted octanol–water partition coefficient (Wildman–Crippen LogP) is 3.03. The van der Waals surface area contributed by atoms with Crippen molar-refractivity contribution in [3.8, 4) is 0 Å². The molecule has 2 aromatic rings. The van der Waals surface area contributed by atoms with Gasteiger partial charge in [0.1, 0.15) is 5.76 Å². The number of carbonyl (C=O) groups is 1. The van der Waals surface area contributed by atoms with E-state index in [2.05, 4.69) is 21.2 Å². The van der Waals surface area contributed by atoms with Crippen molar-refractivity contribution >= 4 is 33.2 Å². The molecule has 3 nitrogen and oxygen atoms in total. The summed E-state index contributed by atoms with van der Waals surface area (Å²) >= 11 is 4.62. The SMILES string of the molecule is O=C(NCc1ccc(Br)o1)c1cccs1. The Labute approximate surface area is 99.2 Å². The van der Waals surface area contributed by atoms with Gasteiger partial charge >= 0.3 is 0 Å². The second-order valence-corrected chi connectivity index (χ2v) is 4.60. The Morgan fingerprint density at radius 3 is 2.93 bits per heavy atom. The van der Waals surface area contributed by atoms with Crippen molar-refractivity contribution in [2.75, 3.05) is 0 Å². The van der Waals surface area contributed by atoms with Crippen LogP contribution in [0.2, 0.25) is 0 Å². The van der Waals surface area contributed by atoms with E-state index in [1.165, 1.54) is 11.3 Å². The van der Waals surface area contributed by atoms with Crippen LogP contribution in [0.1, 0.15) is 15.4 Å². The minimum atomic E-state index is -0.0717. The van der Waals surface area contributed by atoms with Gasteiger partial charge in [-0.15, -0.1) is 11.3 Å². The topological polar surface area (TPSA) is 42.2 Å². The quantitative estimate of drug-likeness (QED) is 0.942. The van der Waals surface area contributed by atoms with Gasteiger partial charge < -0.3 is 9.73 Å². The molecular weight excluding hydrogens is 278 g/mol. The zero-order chi connectivity index (χ0) is 10.7. The third-order valence-corrected chi connectivity index (χ3v) is 3.09. The Bertz CT molecular complexity index is 450. The number of carbonyl (C=O) groups excluding carboxylic acids is 1. The number of thiophene rings is 1. The van der Waals surface area contributed by atoms with Crippen LogP contribution in [0.5, 0.6) is 0 Å². The molecule has 0 aliphatic rings. The minimum Gasteiger partial charge on any atom is -0.452 e. The van der Waals surface area contributed by atoms with Gasteiger partial charge in [-0.1, -0.05) is 6.07 Å². The molecular formula is C10H8BrNO2S. The number of furan rings is 1. The average Bonchev–Trinajstić information content (AvgIpc) is 2.84. The molecule has 0 atom stereocenters. The summed E-state index contributed by atoms with van der Waals surface area (Å²) in [5.74, 6) is 0.657. The van der Waals surface area contributed by atoms with Crippen LogP contribution in [0.3, 0.4) is 0 Å². The highest BCUT2D eigenvalue weighted by molar-refractivity contribution is 9.10. The average molecular weight is 286 g/mol. The van der Waals surface area contributed by atoms with E-state index in [0.717, 1.165) is 5.76 Å². The van der Waals surface area contributed by atoms with Gasteiger partial charge in [0.2, 0.25) is 0 Å². The monoisotopic (exact) mass is 285 g/mol. The van der Waals surface area contributed by atoms with Crippen LogP contribution in [0, 0.1) is 0 Å². The molecule has 0 unspecified atom stereocenters. The highest BCUT2D eigenvalue weighted by atomic mass is 79.9. The first-order chi connectivity index (χ1) is 7.25. The molecule has 0 aliphatic carbocycles. The van der Waals surface area contributed by atoms with Crippen molar-refractivity contribution in [2.45, 2.75) is 6.54 Å². The summed E-state index contributed by atoms with van der Waals surface area (Å²) in [6, 6.07) is 7.26. The Balaban J connectivity index is 1.91. The van der Waals surface area contributed by atoms with E-state index in [9.17, 15) is 4.79 Å². The number of hydrogen-bond acceptors (Lipinski definition) is 3. The molecule has 5 heteroatoms. The van der Waals surface area contributed by atoms with E-state index in [1.54, 1.807) is 12.1 Å². The van der Waals surface area contributed by atoms with E-state index < -0.39 is 0 Å². The molecule has 0 fully saturated rings. The normalized spacial score (nSPS) is 10.2. The lowest BCUT2D eigenvalue weighted by Crippen LogP contribution is -2.21. The van der Waals surface area contributed by atoms with Gasteiger partial charge in [-0.3, -0.25) is 4.79 Å². The number of nitrogens with one attached hydrogen (secondary N) is 1. The molecule has 78 valence electrons. The summed E-state index contributed by atoms with van der Waals surface area (Å²) < 4.78 is 5.93.